The number of H-pyrrole nitrogens is 1. The van der Waals surface area contributed by atoms with E-state index in [0.29, 0.717) is 34.6 Å². The van der Waals surface area contributed by atoms with Gasteiger partial charge in [0.15, 0.2) is 0 Å². The summed E-state index contributed by atoms with van der Waals surface area (Å²) in [7, 11) is 0. The van der Waals surface area contributed by atoms with Gasteiger partial charge in [-0.1, -0.05) is 6.92 Å². The quantitative estimate of drug-likeness (QED) is 0.874. The molecule has 2 aromatic rings. The van der Waals surface area contributed by atoms with Crippen LogP contribution in [0.2, 0.25) is 0 Å². The highest BCUT2D eigenvalue weighted by atomic mass is 79.9. The number of halogens is 2. The summed E-state index contributed by atoms with van der Waals surface area (Å²) in [5, 5.41) is 0.672. The van der Waals surface area contributed by atoms with E-state index in [-0.39, 0.29) is 17.3 Å². The SMILES string of the molecule is CCC(=O)C1CCc2c([nH]c3c(C(N)=O)cc(F)c(Br)c23)C1. The summed E-state index contributed by atoms with van der Waals surface area (Å²) in [5.41, 5.74) is 7.93. The molecule has 0 radical (unpaired) electrons. The summed E-state index contributed by atoms with van der Waals surface area (Å²) in [6, 6.07) is 1.14. The predicted octanol–water partition coefficient (Wildman–Crippen LogP) is 3.25. The maximum absolute atomic E-state index is 14.1. The number of primary amides is 1. The van der Waals surface area contributed by atoms with Crippen molar-refractivity contribution < 1.29 is 14.0 Å². The number of carbonyl (C=O) groups excluding carboxylic acids is 2. The second kappa shape index (κ2) is 5.50. The van der Waals surface area contributed by atoms with E-state index in [9.17, 15) is 14.0 Å². The second-order valence-corrected chi connectivity index (χ2v) is 6.47. The number of hydrogen-bond donors (Lipinski definition) is 2. The Morgan fingerprint density at radius 2 is 2.23 bits per heavy atom. The molecule has 1 heterocycles. The summed E-state index contributed by atoms with van der Waals surface area (Å²) in [5.74, 6) is -0.943. The molecule has 1 aliphatic rings. The Morgan fingerprint density at radius 1 is 1.50 bits per heavy atom. The van der Waals surface area contributed by atoms with E-state index in [2.05, 4.69) is 20.9 Å². The van der Waals surface area contributed by atoms with E-state index < -0.39 is 11.7 Å². The predicted molar refractivity (Wildman–Crippen MR) is 85.3 cm³/mol. The van der Waals surface area contributed by atoms with Crippen LogP contribution in [0.25, 0.3) is 10.9 Å². The number of aromatic nitrogens is 1. The van der Waals surface area contributed by atoms with E-state index in [4.69, 9.17) is 5.73 Å². The van der Waals surface area contributed by atoms with Gasteiger partial charge in [0.1, 0.15) is 11.6 Å². The largest absolute Gasteiger partial charge is 0.366 e. The Morgan fingerprint density at radius 3 is 2.86 bits per heavy atom. The third-order valence-corrected chi connectivity index (χ3v) is 5.20. The van der Waals surface area contributed by atoms with Crippen LogP contribution >= 0.6 is 15.9 Å². The van der Waals surface area contributed by atoms with Crippen LogP contribution < -0.4 is 5.73 Å². The van der Waals surface area contributed by atoms with Crippen molar-refractivity contribution in [3.05, 3.63) is 33.2 Å². The van der Waals surface area contributed by atoms with Crippen LogP contribution in [-0.4, -0.2) is 16.7 Å². The van der Waals surface area contributed by atoms with Gasteiger partial charge in [-0.3, -0.25) is 9.59 Å². The zero-order chi connectivity index (χ0) is 16.0. The summed E-state index contributed by atoms with van der Waals surface area (Å²) in [4.78, 5) is 26.7. The maximum Gasteiger partial charge on any atom is 0.250 e. The third-order valence-electron chi connectivity index (χ3n) is 4.42. The van der Waals surface area contributed by atoms with Crippen LogP contribution in [0.15, 0.2) is 10.5 Å². The second-order valence-electron chi connectivity index (χ2n) is 5.68. The fourth-order valence-electron chi connectivity index (χ4n) is 3.29. The molecular weight excluding hydrogens is 351 g/mol. The van der Waals surface area contributed by atoms with E-state index in [1.165, 1.54) is 0 Å². The van der Waals surface area contributed by atoms with Crippen molar-refractivity contribution in [3.63, 3.8) is 0 Å². The molecule has 0 fully saturated rings. The molecule has 22 heavy (non-hydrogen) atoms. The number of aryl methyl sites for hydroxylation is 1. The van der Waals surface area contributed by atoms with E-state index in [1.54, 1.807) is 0 Å². The minimum absolute atomic E-state index is 0.00814. The average molecular weight is 367 g/mol. The van der Waals surface area contributed by atoms with Crippen LogP contribution in [0.5, 0.6) is 0 Å². The van der Waals surface area contributed by atoms with Gasteiger partial charge in [-0.2, -0.15) is 0 Å². The van der Waals surface area contributed by atoms with Crippen molar-refractivity contribution in [3.8, 4) is 0 Å². The molecule has 116 valence electrons. The van der Waals surface area contributed by atoms with Crippen molar-refractivity contribution in [2.75, 3.05) is 0 Å². The smallest absolute Gasteiger partial charge is 0.250 e. The average Bonchev–Trinajstić information content (AvgIpc) is 2.88. The fourth-order valence-corrected chi connectivity index (χ4v) is 3.84. The molecule has 4 nitrogen and oxygen atoms in total. The van der Waals surface area contributed by atoms with Gasteiger partial charge in [-0.05, 0) is 46.8 Å². The lowest BCUT2D eigenvalue weighted by Crippen LogP contribution is -2.21. The number of nitrogens with one attached hydrogen (secondary N) is 1. The summed E-state index contributed by atoms with van der Waals surface area (Å²) in [6.07, 6.45) is 2.56. The number of hydrogen-bond acceptors (Lipinski definition) is 2. The number of rotatable bonds is 3. The number of amides is 1. The summed E-state index contributed by atoms with van der Waals surface area (Å²) in [6.45, 7) is 1.86. The highest BCUT2D eigenvalue weighted by Gasteiger charge is 2.29. The van der Waals surface area contributed by atoms with E-state index in [0.717, 1.165) is 23.7 Å². The number of carbonyl (C=O) groups is 2. The first-order valence-electron chi connectivity index (χ1n) is 7.28. The van der Waals surface area contributed by atoms with Gasteiger partial charge < -0.3 is 10.7 Å². The van der Waals surface area contributed by atoms with Crippen molar-refractivity contribution in [1.29, 1.82) is 0 Å². The van der Waals surface area contributed by atoms with Crippen LogP contribution in [0.3, 0.4) is 0 Å². The molecule has 1 aliphatic carbocycles. The van der Waals surface area contributed by atoms with Gasteiger partial charge >= 0.3 is 0 Å². The lowest BCUT2D eigenvalue weighted by atomic mass is 9.83. The zero-order valence-electron chi connectivity index (χ0n) is 12.1. The molecule has 0 aliphatic heterocycles. The Bertz CT molecular complexity index is 797. The Balaban J connectivity index is 2.20. The Kier molecular flexibility index (Phi) is 3.80. The van der Waals surface area contributed by atoms with Crippen molar-refractivity contribution in [2.45, 2.75) is 32.6 Å². The van der Waals surface area contributed by atoms with Crippen molar-refractivity contribution in [1.82, 2.24) is 4.98 Å². The Labute approximate surface area is 135 Å². The molecule has 1 atom stereocenters. The first-order valence-corrected chi connectivity index (χ1v) is 8.07. The highest BCUT2D eigenvalue weighted by molar-refractivity contribution is 9.10. The maximum atomic E-state index is 14.1. The number of Topliss-reactive ketones (excluding diaryl/α,β-unsaturated/α-hetero) is 1. The molecule has 3 N–H and O–H groups in total. The first-order chi connectivity index (χ1) is 10.4. The van der Waals surface area contributed by atoms with Gasteiger partial charge in [0.05, 0.1) is 15.6 Å². The van der Waals surface area contributed by atoms with Gasteiger partial charge in [0, 0.05) is 23.4 Å². The third kappa shape index (κ3) is 2.26. The lowest BCUT2D eigenvalue weighted by Gasteiger charge is -2.20. The topological polar surface area (TPSA) is 75.9 Å². The number of aromatic amines is 1. The molecule has 0 spiro atoms. The first kappa shape index (κ1) is 15.2. The standard InChI is InChI=1S/C16H16BrFN2O2/c1-2-12(21)7-3-4-8-11(5-7)20-15-9(16(19)22)6-10(18)14(17)13(8)15/h6-7,20H,2-5H2,1H3,(H2,19,22). The molecule has 6 heteroatoms. The molecule has 1 aromatic carbocycles. The number of ketones is 1. The molecule has 0 saturated heterocycles. The Hall–Kier alpha value is -1.69. The normalized spacial score (nSPS) is 17.5. The molecule has 3 rings (SSSR count). The minimum Gasteiger partial charge on any atom is -0.366 e. The molecule has 1 unspecified atom stereocenters. The van der Waals surface area contributed by atoms with Gasteiger partial charge in [0.2, 0.25) is 0 Å². The van der Waals surface area contributed by atoms with Gasteiger partial charge in [0.25, 0.3) is 5.91 Å². The van der Waals surface area contributed by atoms with Crippen molar-refractivity contribution in [2.24, 2.45) is 11.7 Å². The number of fused-ring (bicyclic) bond motifs is 3. The summed E-state index contributed by atoms with van der Waals surface area (Å²) < 4.78 is 14.4. The van der Waals surface area contributed by atoms with Crippen LogP contribution in [0.4, 0.5) is 4.39 Å². The fraction of sp³-hybridized carbons (Fsp3) is 0.375. The molecule has 1 aromatic heterocycles. The van der Waals surface area contributed by atoms with Gasteiger partial charge in [-0.15, -0.1) is 0 Å². The molecular formula is C16H16BrFN2O2. The van der Waals surface area contributed by atoms with Crippen LogP contribution in [0, 0.1) is 11.7 Å². The lowest BCUT2D eigenvalue weighted by molar-refractivity contribution is -0.122. The van der Waals surface area contributed by atoms with E-state index in [1.807, 2.05) is 6.92 Å². The zero-order valence-corrected chi connectivity index (χ0v) is 13.7. The molecule has 0 saturated carbocycles. The molecule has 1 amide bonds. The number of benzene rings is 1. The monoisotopic (exact) mass is 366 g/mol. The van der Waals surface area contributed by atoms with Crippen LogP contribution in [0.1, 0.15) is 41.4 Å². The summed E-state index contributed by atoms with van der Waals surface area (Å²) >= 11 is 3.27. The van der Waals surface area contributed by atoms with Crippen molar-refractivity contribution >= 4 is 38.5 Å². The van der Waals surface area contributed by atoms with E-state index >= 15 is 0 Å². The number of nitrogens with two attached hydrogens (primary N) is 1. The molecule has 0 bridgehead atoms. The highest BCUT2D eigenvalue weighted by Crippen LogP contribution is 2.38. The van der Waals surface area contributed by atoms with Crippen LogP contribution in [-0.2, 0) is 17.6 Å². The van der Waals surface area contributed by atoms with Gasteiger partial charge in [-0.25, -0.2) is 4.39 Å². The minimum atomic E-state index is -0.670.